The highest BCUT2D eigenvalue weighted by atomic mass is 19.1. The van der Waals surface area contributed by atoms with Crippen LogP contribution in [0.2, 0.25) is 0 Å². The standard InChI is InChI=1S/C13H12F2O3/c1-18-12(17)13(5-2-6-13)11(16)9-7-8(14)3-4-10(9)15/h3-4,7H,2,5-6H2,1H3. The van der Waals surface area contributed by atoms with Gasteiger partial charge in [0.2, 0.25) is 0 Å². The van der Waals surface area contributed by atoms with Crippen molar-refractivity contribution in [1.82, 2.24) is 0 Å². The second-order valence-corrected chi connectivity index (χ2v) is 4.38. The van der Waals surface area contributed by atoms with Gasteiger partial charge in [0.1, 0.15) is 17.0 Å². The predicted octanol–water partition coefficient (Wildman–Crippen LogP) is 2.49. The smallest absolute Gasteiger partial charge is 0.319 e. The van der Waals surface area contributed by atoms with Gasteiger partial charge in [0.15, 0.2) is 5.78 Å². The summed E-state index contributed by atoms with van der Waals surface area (Å²) in [6.45, 7) is 0. The van der Waals surface area contributed by atoms with Crippen LogP contribution in [-0.2, 0) is 9.53 Å². The first-order valence-electron chi connectivity index (χ1n) is 5.59. The number of carbonyl (C=O) groups is 2. The maximum atomic E-state index is 13.5. The van der Waals surface area contributed by atoms with E-state index in [4.69, 9.17) is 0 Å². The fraction of sp³-hybridized carbons (Fsp3) is 0.385. The topological polar surface area (TPSA) is 43.4 Å². The number of halogens is 2. The average molecular weight is 254 g/mol. The summed E-state index contributed by atoms with van der Waals surface area (Å²) in [4.78, 5) is 23.9. The minimum absolute atomic E-state index is 0.314. The van der Waals surface area contributed by atoms with E-state index >= 15 is 0 Å². The Balaban J connectivity index is 2.41. The maximum Gasteiger partial charge on any atom is 0.319 e. The van der Waals surface area contributed by atoms with Gasteiger partial charge in [0.05, 0.1) is 12.7 Å². The molecule has 0 aliphatic heterocycles. The Morgan fingerprint density at radius 1 is 1.28 bits per heavy atom. The largest absolute Gasteiger partial charge is 0.468 e. The van der Waals surface area contributed by atoms with Crippen molar-refractivity contribution in [1.29, 1.82) is 0 Å². The van der Waals surface area contributed by atoms with E-state index in [2.05, 4.69) is 4.74 Å². The van der Waals surface area contributed by atoms with Gasteiger partial charge in [-0.2, -0.15) is 0 Å². The van der Waals surface area contributed by atoms with Crippen molar-refractivity contribution >= 4 is 11.8 Å². The Bertz CT molecular complexity index is 507. The van der Waals surface area contributed by atoms with Crippen LogP contribution in [0, 0.1) is 17.0 Å². The van der Waals surface area contributed by atoms with Gasteiger partial charge in [-0.15, -0.1) is 0 Å². The van der Waals surface area contributed by atoms with Crippen LogP contribution in [0.3, 0.4) is 0 Å². The van der Waals surface area contributed by atoms with E-state index in [-0.39, 0.29) is 5.56 Å². The average Bonchev–Trinajstić information content (AvgIpc) is 2.30. The molecule has 0 saturated heterocycles. The zero-order valence-electron chi connectivity index (χ0n) is 9.83. The van der Waals surface area contributed by atoms with Crippen molar-refractivity contribution in [2.24, 2.45) is 5.41 Å². The highest BCUT2D eigenvalue weighted by Gasteiger charge is 2.52. The molecule has 96 valence electrons. The molecule has 0 unspecified atom stereocenters. The number of hydrogen-bond acceptors (Lipinski definition) is 3. The highest BCUT2D eigenvalue weighted by Crippen LogP contribution is 2.45. The molecule has 0 heterocycles. The molecule has 5 heteroatoms. The summed E-state index contributed by atoms with van der Waals surface area (Å²) in [5.41, 5.74) is -1.72. The molecule has 0 amide bonds. The summed E-state index contributed by atoms with van der Waals surface area (Å²) < 4.78 is 31.2. The van der Waals surface area contributed by atoms with E-state index in [0.717, 1.165) is 18.2 Å². The predicted molar refractivity (Wildman–Crippen MR) is 59.0 cm³/mol. The van der Waals surface area contributed by atoms with Crippen LogP contribution in [-0.4, -0.2) is 18.9 Å². The molecule has 0 radical (unpaired) electrons. The normalized spacial score (nSPS) is 16.8. The summed E-state index contributed by atoms with van der Waals surface area (Å²) in [5, 5.41) is 0. The van der Waals surface area contributed by atoms with Gasteiger partial charge < -0.3 is 4.74 Å². The number of rotatable bonds is 3. The lowest BCUT2D eigenvalue weighted by Crippen LogP contribution is -2.46. The SMILES string of the molecule is COC(=O)C1(C(=O)c2cc(F)ccc2F)CCC1. The number of esters is 1. The molecule has 0 N–H and O–H groups in total. The van der Waals surface area contributed by atoms with Gasteiger partial charge in [-0.3, -0.25) is 9.59 Å². The van der Waals surface area contributed by atoms with Crippen molar-refractivity contribution in [2.45, 2.75) is 19.3 Å². The number of benzene rings is 1. The van der Waals surface area contributed by atoms with E-state index in [1.54, 1.807) is 0 Å². The lowest BCUT2D eigenvalue weighted by atomic mass is 9.64. The van der Waals surface area contributed by atoms with Crippen LogP contribution in [0.15, 0.2) is 18.2 Å². The summed E-state index contributed by atoms with van der Waals surface area (Å²) in [7, 11) is 1.18. The van der Waals surface area contributed by atoms with Gasteiger partial charge >= 0.3 is 5.97 Å². The first-order valence-corrected chi connectivity index (χ1v) is 5.59. The van der Waals surface area contributed by atoms with Crippen LogP contribution in [0.4, 0.5) is 8.78 Å². The summed E-state index contributed by atoms with van der Waals surface area (Å²) in [6.07, 6.45) is 1.32. The van der Waals surface area contributed by atoms with Gasteiger partial charge in [-0.25, -0.2) is 8.78 Å². The Hall–Kier alpha value is -1.78. The molecule has 1 aliphatic rings. The summed E-state index contributed by atoms with van der Waals surface area (Å²) in [6, 6.07) is 2.63. The van der Waals surface area contributed by atoms with Crippen LogP contribution in [0.25, 0.3) is 0 Å². The quantitative estimate of drug-likeness (QED) is 0.473. The molecular weight excluding hydrogens is 242 g/mol. The minimum atomic E-state index is -1.33. The van der Waals surface area contributed by atoms with Gasteiger partial charge in [-0.1, -0.05) is 6.42 Å². The van der Waals surface area contributed by atoms with Crippen molar-refractivity contribution in [3.05, 3.63) is 35.4 Å². The number of Topliss-reactive ketones (excluding diaryl/α,β-unsaturated/α-hetero) is 1. The molecule has 1 fully saturated rings. The van der Waals surface area contributed by atoms with E-state index in [1.807, 2.05) is 0 Å². The van der Waals surface area contributed by atoms with Gasteiger partial charge in [0, 0.05) is 0 Å². The van der Waals surface area contributed by atoms with Crippen molar-refractivity contribution < 1.29 is 23.1 Å². The number of carbonyl (C=O) groups excluding carboxylic acids is 2. The number of ketones is 1. The maximum absolute atomic E-state index is 13.5. The lowest BCUT2D eigenvalue weighted by molar-refractivity contribution is -0.153. The Morgan fingerprint density at radius 2 is 1.94 bits per heavy atom. The molecule has 0 atom stereocenters. The Kier molecular flexibility index (Phi) is 3.15. The van der Waals surface area contributed by atoms with Crippen LogP contribution < -0.4 is 0 Å². The van der Waals surface area contributed by atoms with E-state index in [9.17, 15) is 18.4 Å². The van der Waals surface area contributed by atoms with Crippen molar-refractivity contribution in [2.75, 3.05) is 7.11 Å². The highest BCUT2D eigenvalue weighted by molar-refractivity contribution is 6.13. The van der Waals surface area contributed by atoms with Crippen molar-refractivity contribution in [3.63, 3.8) is 0 Å². The summed E-state index contributed by atoms with van der Waals surface area (Å²) >= 11 is 0. The molecule has 18 heavy (non-hydrogen) atoms. The first-order chi connectivity index (χ1) is 8.51. The number of methoxy groups -OCH3 is 1. The zero-order valence-corrected chi connectivity index (χ0v) is 9.83. The monoisotopic (exact) mass is 254 g/mol. The molecule has 3 nitrogen and oxygen atoms in total. The zero-order chi connectivity index (χ0) is 13.3. The Labute approximate surface area is 103 Å². The third kappa shape index (κ3) is 1.79. The van der Waals surface area contributed by atoms with Crippen LogP contribution in [0.1, 0.15) is 29.6 Å². The fourth-order valence-corrected chi connectivity index (χ4v) is 2.18. The van der Waals surface area contributed by atoms with Crippen molar-refractivity contribution in [3.8, 4) is 0 Å². The molecule has 2 rings (SSSR count). The van der Waals surface area contributed by atoms with E-state index < -0.39 is 28.8 Å². The van der Waals surface area contributed by atoms with E-state index in [0.29, 0.717) is 19.3 Å². The van der Waals surface area contributed by atoms with Gasteiger partial charge in [0.25, 0.3) is 0 Å². The second-order valence-electron chi connectivity index (χ2n) is 4.38. The molecule has 0 spiro atoms. The number of ether oxygens (including phenoxy) is 1. The molecule has 1 aliphatic carbocycles. The number of hydrogen-bond donors (Lipinski definition) is 0. The first kappa shape index (κ1) is 12.7. The van der Waals surface area contributed by atoms with Crippen LogP contribution >= 0.6 is 0 Å². The molecule has 1 aromatic carbocycles. The molecular formula is C13H12F2O3. The van der Waals surface area contributed by atoms with Gasteiger partial charge in [-0.05, 0) is 31.0 Å². The minimum Gasteiger partial charge on any atom is -0.468 e. The fourth-order valence-electron chi connectivity index (χ4n) is 2.18. The molecule has 1 aromatic rings. The molecule has 0 bridgehead atoms. The summed E-state index contributed by atoms with van der Waals surface area (Å²) in [5.74, 6) is -2.91. The molecule has 1 saturated carbocycles. The second kappa shape index (κ2) is 4.48. The molecule has 0 aromatic heterocycles. The third-order valence-electron chi connectivity index (χ3n) is 3.39. The third-order valence-corrected chi connectivity index (χ3v) is 3.39. The Morgan fingerprint density at radius 3 is 2.44 bits per heavy atom. The lowest BCUT2D eigenvalue weighted by Gasteiger charge is -2.37. The van der Waals surface area contributed by atoms with Crippen LogP contribution in [0.5, 0.6) is 0 Å². The van der Waals surface area contributed by atoms with E-state index in [1.165, 1.54) is 7.11 Å².